The lowest BCUT2D eigenvalue weighted by Crippen LogP contribution is -2.53. The number of benzene rings is 4. The second kappa shape index (κ2) is 15.1. The van der Waals surface area contributed by atoms with Crippen molar-refractivity contribution >= 4 is 27.5 Å². The minimum absolute atomic E-state index is 0.00292. The van der Waals surface area contributed by atoms with Crippen LogP contribution in [0.25, 0.3) is 0 Å². The molecule has 9 nitrogen and oxygen atoms in total. The summed E-state index contributed by atoms with van der Waals surface area (Å²) in [6.45, 7) is 1.66. The number of rotatable bonds is 14. The maximum Gasteiger partial charge on any atom is 0.264 e. The number of nitrogens with one attached hydrogen (secondary N) is 1. The van der Waals surface area contributed by atoms with Gasteiger partial charge < -0.3 is 19.7 Å². The van der Waals surface area contributed by atoms with Crippen LogP contribution in [0.5, 0.6) is 11.5 Å². The van der Waals surface area contributed by atoms with Crippen LogP contribution in [0.3, 0.4) is 0 Å². The molecule has 1 N–H and O–H groups in total. The van der Waals surface area contributed by atoms with E-state index in [1.165, 1.54) is 37.3 Å². The van der Waals surface area contributed by atoms with E-state index >= 15 is 0 Å². The van der Waals surface area contributed by atoms with Crippen molar-refractivity contribution in [2.45, 2.75) is 30.8 Å². The minimum atomic E-state index is -4.28. The second-order valence-electron chi connectivity index (χ2n) is 9.97. The van der Waals surface area contributed by atoms with Crippen molar-refractivity contribution in [3.05, 3.63) is 120 Å². The molecule has 4 aromatic carbocycles. The van der Waals surface area contributed by atoms with Crippen LogP contribution in [0.2, 0.25) is 0 Å². The van der Waals surface area contributed by atoms with Crippen molar-refractivity contribution < 1.29 is 27.5 Å². The highest BCUT2D eigenvalue weighted by Gasteiger charge is 2.35. The maximum atomic E-state index is 14.5. The first-order valence-corrected chi connectivity index (χ1v) is 15.7. The van der Waals surface area contributed by atoms with Crippen molar-refractivity contribution in [1.82, 2.24) is 10.2 Å². The van der Waals surface area contributed by atoms with E-state index in [4.69, 9.17) is 9.47 Å². The molecule has 0 saturated heterocycles. The van der Waals surface area contributed by atoms with E-state index < -0.39 is 28.5 Å². The van der Waals surface area contributed by atoms with E-state index in [-0.39, 0.29) is 35.2 Å². The van der Waals surface area contributed by atoms with Gasteiger partial charge in [-0.15, -0.1) is 0 Å². The van der Waals surface area contributed by atoms with Gasteiger partial charge in [0.15, 0.2) is 0 Å². The van der Waals surface area contributed by atoms with Gasteiger partial charge in [0.25, 0.3) is 10.0 Å². The lowest BCUT2D eigenvalue weighted by Gasteiger charge is -2.34. The number of methoxy groups -OCH3 is 2. The van der Waals surface area contributed by atoms with Crippen LogP contribution in [0, 0.1) is 0 Å². The van der Waals surface area contributed by atoms with Crippen molar-refractivity contribution in [3.63, 3.8) is 0 Å². The first kappa shape index (κ1) is 32.1. The molecule has 0 spiro atoms. The third-order valence-corrected chi connectivity index (χ3v) is 8.86. The molecule has 0 aliphatic rings. The molecule has 0 aromatic heterocycles. The van der Waals surface area contributed by atoms with Crippen LogP contribution in [0.4, 0.5) is 5.69 Å². The summed E-state index contributed by atoms with van der Waals surface area (Å²) in [6.07, 6.45) is 0.235. The van der Waals surface area contributed by atoms with E-state index in [0.717, 1.165) is 15.4 Å². The standard InChI is InChI=1S/C34H37N3O6S/c1-4-35-34(39)31(22-26-14-8-5-9-15-26)36(24-27-16-10-6-11-17-27)33(38)25-37(44(40,41)29-18-12-7-13-19-29)30-23-28(42-2)20-21-32(30)43-3/h5-21,23,31H,4,22,24-25H2,1-3H3,(H,35,39)/t31-/m0/s1. The number of hydrogen-bond donors (Lipinski definition) is 1. The largest absolute Gasteiger partial charge is 0.497 e. The fraction of sp³-hybridized carbons (Fsp3) is 0.235. The average Bonchev–Trinajstić information content (AvgIpc) is 3.06. The van der Waals surface area contributed by atoms with Crippen molar-refractivity contribution in [2.75, 3.05) is 31.6 Å². The Hall–Kier alpha value is -4.83. The molecule has 0 unspecified atom stereocenters. The van der Waals surface area contributed by atoms with Crippen LogP contribution < -0.4 is 19.1 Å². The molecule has 2 amide bonds. The molecule has 0 heterocycles. The molecule has 4 rings (SSSR count). The molecule has 230 valence electrons. The molecule has 0 radical (unpaired) electrons. The third kappa shape index (κ3) is 7.76. The summed E-state index contributed by atoms with van der Waals surface area (Å²) in [5.74, 6) is -0.285. The van der Waals surface area contributed by atoms with Gasteiger partial charge in [-0.05, 0) is 42.3 Å². The van der Waals surface area contributed by atoms with Crippen molar-refractivity contribution in [3.8, 4) is 11.5 Å². The summed E-state index contributed by atoms with van der Waals surface area (Å²) in [7, 11) is -1.39. The lowest BCUT2D eigenvalue weighted by atomic mass is 10.0. The molecule has 0 aliphatic heterocycles. The highest BCUT2D eigenvalue weighted by molar-refractivity contribution is 7.92. The molecular formula is C34H37N3O6S. The molecule has 44 heavy (non-hydrogen) atoms. The first-order chi connectivity index (χ1) is 21.3. The summed E-state index contributed by atoms with van der Waals surface area (Å²) in [4.78, 5) is 29.5. The number of hydrogen-bond acceptors (Lipinski definition) is 6. The van der Waals surface area contributed by atoms with Crippen LogP contribution in [0.15, 0.2) is 114 Å². The average molecular weight is 616 g/mol. The van der Waals surface area contributed by atoms with Gasteiger partial charge in [0.2, 0.25) is 11.8 Å². The van der Waals surface area contributed by atoms with E-state index in [2.05, 4.69) is 5.32 Å². The Balaban J connectivity index is 1.84. The Labute approximate surface area is 259 Å². The SMILES string of the molecule is CCNC(=O)[C@H](Cc1ccccc1)N(Cc1ccccc1)C(=O)CN(c1cc(OC)ccc1OC)S(=O)(=O)c1ccccc1. The van der Waals surface area contributed by atoms with Gasteiger partial charge in [0.05, 0.1) is 24.8 Å². The summed E-state index contributed by atoms with van der Waals surface area (Å²) in [5.41, 5.74) is 1.78. The Morgan fingerprint density at radius 3 is 1.95 bits per heavy atom. The molecule has 1 atom stereocenters. The van der Waals surface area contributed by atoms with Crippen LogP contribution in [-0.4, -0.2) is 58.5 Å². The highest BCUT2D eigenvalue weighted by Crippen LogP contribution is 2.36. The number of sulfonamides is 1. The van der Waals surface area contributed by atoms with Gasteiger partial charge in [0.1, 0.15) is 24.1 Å². The van der Waals surface area contributed by atoms with E-state index in [1.807, 2.05) is 67.6 Å². The highest BCUT2D eigenvalue weighted by atomic mass is 32.2. The predicted molar refractivity (Wildman–Crippen MR) is 170 cm³/mol. The number of anilines is 1. The fourth-order valence-electron chi connectivity index (χ4n) is 4.85. The minimum Gasteiger partial charge on any atom is -0.497 e. The van der Waals surface area contributed by atoms with Gasteiger partial charge in [-0.1, -0.05) is 78.9 Å². The Morgan fingerprint density at radius 1 is 0.795 bits per heavy atom. The summed E-state index contributed by atoms with van der Waals surface area (Å²) < 4.78 is 40.3. The van der Waals surface area contributed by atoms with Crippen molar-refractivity contribution in [1.29, 1.82) is 0 Å². The number of amides is 2. The van der Waals surface area contributed by atoms with E-state index in [9.17, 15) is 18.0 Å². The fourth-order valence-corrected chi connectivity index (χ4v) is 6.29. The number of carbonyl (C=O) groups is 2. The smallest absolute Gasteiger partial charge is 0.264 e. The number of carbonyl (C=O) groups excluding carboxylic acids is 2. The van der Waals surface area contributed by atoms with Gasteiger partial charge >= 0.3 is 0 Å². The molecule has 4 aromatic rings. The molecule has 0 fully saturated rings. The molecular weight excluding hydrogens is 578 g/mol. The quantitative estimate of drug-likeness (QED) is 0.221. The Kier molecular flexibility index (Phi) is 11.0. The van der Waals surface area contributed by atoms with Gasteiger partial charge in [-0.25, -0.2) is 8.42 Å². The third-order valence-electron chi connectivity index (χ3n) is 7.08. The van der Waals surface area contributed by atoms with E-state index in [1.54, 1.807) is 30.3 Å². The van der Waals surface area contributed by atoms with E-state index in [0.29, 0.717) is 12.3 Å². The Morgan fingerprint density at radius 2 is 1.39 bits per heavy atom. The summed E-state index contributed by atoms with van der Waals surface area (Å²) in [5, 5.41) is 2.86. The zero-order valence-electron chi connectivity index (χ0n) is 25.1. The second-order valence-corrected chi connectivity index (χ2v) is 11.8. The molecule has 0 saturated carbocycles. The normalized spacial score (nSPS) is 11.7. The van der Waals surface area contributed by atoms with Crippen LogP contribution in [0.1, 0.15) is 18.1 Å². The van der Waals surface area contributed by atoms with Gasteiger partial charge in [-0.3, -0.25) is 13.9 Å². The van der Waals surface area contributed by atoms with Crippen LogP contribution in [-0.2, 0) is 32.6 Å². The zero-order chi connectivity index (χ0) is 31.5. The maximum absolute atomic E-state index is 14.5. The van der Waals surface area contributed by atoms with Gasteiger partial charge in [0, 0.05) is 25.6 Å². The number of likely N-dealkylation sites (N-methyl/N-ethyl adjacent to an activating group) is 1. The zero-order valence-corrected chi connectivity index (χ0v) is 25.9. The predicted octanol–water partition coefficient (Wildman–Crippen LogP) is 4.68. The Bertz CT molecular complexity index is 1630. The topological polar surface area (TPSA) is 105 Å². The number of ether oxygens (including phenoxy) is 2. The van der Waals surface area contributed by atoms with Gasteiger partial charge in [-0.2, -0.15) is 0 Å². The molecule has 10 heteroatoms. The first-order valence-electron chi connectivity index (χ1n) is 14.2. The van der Waals surface area contributed by atoms with Crippen molar-refractivity contribution in [2.24, 2.45) is 0 Å². The lowest BCUT2D eigenvalue weighted by molar-refractivity contribution is -0.140. The molecule has 0 bridgehead atoms. The van der Waals surface area contributed by atoms with Crippen LogP contribution >= 0.6 is 0 Å². The summed E-state index contributed by atoms with van der Waals surface area (Å²) in [6, 6.07) is 30.4. The number of nitrogens with zero attached hydrogens (tertiary/aromatic N) is 2. The molecule has 0 aliphatic carbocycles. The monoisotopic (exact) mass is 615 g/mol. The summed E-state index contributed by atoms with van der Waals surface area (Å²) >= 11 is 0.